The lowest BCUT2D eigenvalue weighted by atomic mass is 10.0. The molecule has 0 aliphatic carbocycles. The molecule has 0 N–H and O–H groups in total. The van der Waals surface area contributed by atoms with Gasteiger partial charge in [-0.05, 0) is 42.8 Å². The standard InChI is InChI=1S/C40H44N6O/c1-2-3-4-5-6-7-8-9-10-11-12-13-14-19-26-47-28-24-25-33-34(27-28)46-40-38-36(42-31-22-17-18-23-32(31)44-38)35-37(39(40)45-33)43-30-21-16-15-20-29(30)41-35/h15-18,20-25,27H,2-14,19,26H2,1H3. The summed E-state index contributed by atoms with van der Waals surface area (Å²) in [5.74, 6) is 0.813. The molecule has 0 fully saturated rings. The van der Waals surface area contributed by atoms with Crippen LogP contribution in [0.3, 0.4) is 0 Å². The lowest BCUT2D eigenvalue weighted by Crippen LogP contribution is -2.00. The van der Waals surface area contributed by atoms with Gasteiger partial charge in [-0.25, -0.2) is 29.9 Å². The summed E-state index contributed by atoms with van der Waals surface area (Å²) in [6, 6.07) is 21.7. The molecule has 0 bridgehead atoms. The number of fused-ring (bicyclic) bond motifs is 9. The number of unbranched alkanes of at least 4 members (excludes halogenated alkanes) is 13. The second-order valence-electron chi connectivity index (χ2n) is 12.8. The van der Waals surface area contributed by atoms with Crippen molar-refractivity contribution in [2.24, 2.45) is 0 Å². The minimum absolute atomic E-state index is 0.673. The average Bonchev–Trinajstić information content (AvgIpc) is 3.11. The zero-order valence-corrected chi connectivity index (χ0v) is 27.5. The molecule has 4 aromatic carbocycles. The zero-order chi connectivity index (χ0) is 31.8. The van der Waals surface area contributed by atoms with Gasteiger partial charge in [0.2, 0.25) is 0 Å². The number of benzene rings is 4. The summed E-state index contributed by atoms with van der Waals surface area (Å²) in [4.78, 5) is 30.2. The number of ether oxygens (including phenoxy) is 1. The van der Waals surface area contributed by atoms with Crippen molar-refractivity contribution in [3.05, 3.63) is 66.7 Å². The maximum atomic E-state index is 6.18. The van der Waals surface area contributed by atoms with E-state index in [0.29, 0.717) is 39.7 Å². The molecule has 0 atom stereocenters. The Kier molecular flexibility index (Phi) is 9.88. The molecule has 3 heterocycles. The molecule has 7 nitrogen and oxygen atoms in total. The van der Waals surface area contributed by atoms with Crippen LogP contribution < -0.4 is 4.74 Å². The molecule has 0 saturated heterocycles. The molecule has 0 aliphatic rings. The van der Waals surface area contributed by atoms with E-state index in [0.717, 1.165) is 45.3 Å². The van der Waals surface area contributed by atoms with Gasteiger partial charge in [0.25, 0.3) is 0 Å². The molecule has 7 rings (SSSR count). The number of aromatic nitrogens is 6. The summed E-state index contributed by atoms with van der Waals surface area (Å²) in [6.07, 6.45) is 18.9. The quantitative estimate of drug-likeness (QED) is 0.0600. The van der Waals surface area contributed by atoms with Gasteiger partial charge in [-0.1, -0.05) is 115 Å². The third kappa shape index (κ3) is 7.09. The number of nitrogens with zero attached hydrogens (tertiary/aromatic N) is 6. The highest BCUT2D eigenvalue weighted by molar-refractivity contribution is 6.20. The van der Waals surface area contributed by atoms with E-state index in [4.69, 9.17) is 34.6 Å². The molecular weight excluding hydrogens is 580 g/mol. The minimum atomic E-state index is 0.673. The Morgan fingerprint density at radius 3 is 1.13 bits per heavy atom. The van der Waals surface area contributed by atoms with Crippen LogP contribution >= 0.6 is 0 Å². The minimum Gasteiger partial charge on any atom is -0.494 e. The molecule has 0 saturated carbocycles. The third-order valence-electron chi connectivity index (χ3n) is 9.22. The first kappa shape index (κ1) is 31.1. The highest BCUT2D eigenvalue weighted by Gasteiger charge is 2.19. The van der Waals surface area contributed by atoms with E-state index >= 15 is 0 Å². The number of hydrogen-bond acceptors (Lipinski definition) is 7. The van der Waals surface area contributed by atoms with E-state index < -0.39 is 0 Å². The first-order chi connectivity index (χ1) is 23.3. The molecular formula is C40H44N6O. The topological polar surface area (TPSA) is 86.6 Å². The highest BCUT2D eigenvalue weighted by Crippen LogP contribution is 2.33. The van der Waals surface area contributed by atoms with Gasteiger partial charge in [0.05, 0.1) is 39.7 Å². The van der Waals surface area contributed by atoms with Gasteiger partial charge in [-0.15, -0.1) is 0 Å². The first-order valence-corrected chi connectivity index (χ1v) is 17.8. The normalized spacial score (nSPS) is 11.9. The summed E-state index contributed by atoms with van der Waals surface area (Å²) in [5, 5.41) is 0. The van der Waals surface area contributed by atoms with Gasteiger partial charge >= 0.3 is 0 Å². The Bertz CT molecular complexity index is 2100. The summed E-state index contributed by atoms with van der Waals surface area (Å²) in [5.41, 5.74) is 8.87. The molecule has 7 heteroatoms. The summed E-state index contributed by atoms with van der Waals surface area (Å²) in [7, 11) is 0. The lowest BCUT2D eigenvalue weighted by molar-refractivity contribution is 0.304. The van der Waals surface area contributed by atoms with Crippen molar-refractivity contribution in [1.29, 1.82) is 0 Å². The Labute approximate surface area is 276 Å². The van der Waals surface area contributed by atoms with E-state index in [1.54, 1.807) is 0 Å². The van der Waals surface area contributed by atoms with Gasteiger partial charge in [-0.2, -0.15) is 0 Å². The monoisotopic (exact) mass is 624 g/mol. The molecule has 3 aromatic heterocycles. The SMILES string of the molecule is CCCCCCCCCCCCCCCCOc1ccc2nc3c4nc5ccccc5nc4c4nc5ccccc5nc4c3nc2c1. The van der Waals surface area contributed by atoms with Crippen LogP contribution in [0.15, 0.2) is 66.7 Å². The number of hydrogen-bond donors (Lipinski definition) is 0. The van der Waals surface area contributed by atoms with Crippen molar-refractivity contribution < 1.29 is 4.74 Å². The second kappa shape index (κ2) is 14.9. The van der Waals surface area contributed by atoms with Crippen LogP contribution in [0.25, 0.3) is 66.2 Å². The van der Waals surface area contributed by atoms with E-state index in [2.05, 4.69) is 6.92 Å². The van der Waals surface area contributed by atoms with Crippen LogP contribution in [-0.4, -0.2) is 36.5 Å². The van der Waals surface area contributed by atoms with Crippen molar-refractivity contribution in [2.75, 3.05) is 6.61 Å². The Morgan fingerprint density at radius 2 is 0.723 bits per heavy atom. The predicted octanol–water partition coefficient (Wildman–Crippen LogP) is 10.8. The van der Waals surface area contributed by atoms with Gasteiger partial charge in [0.1, 0.15) is 38.8 Å². The lowest BCUT2D eigenvalue weighted by Gasteiger charge is -2.11. The Hall–Kier alpha value is -4.52. The van der Waals surface area contributed by atoms with Crippen LogP contribution in [0.2, 0.25) is 0 Å². The van der Waals surface area contributed by atoms with Gasteiger partial charge in [0, 0.05) is 6.07 Å². The average molecular weight is 625 g/mol. The van der Waals surface area contributed by atoms with E-state index in [-0.39, 0.29) is 0 Å². The maximum absolute atomic E-state index is 6.18. The first-order valence-electron chi connectivity index (χ1n) is 17.8. The molecule has 0 spiro atoms. The van der Waals surface area contributed by atoms with Crippen molar-refractivity contribution in [3.63, 3.8) is 0 Å². The molecule has 7 aromatic rings. The van der Waals surface area contributed by atoms with Crippen LogP contribution in [0.5, 0.6) is 5.75 Å². The fourth-order valence-electron chi connectivity index (χ4n) is 6.60. The van der Waals surface area contributed by atoms with E-state index in [9.17, 15) is 0 Å². The van der Waals surface area contributed by atoms with Gasteiger partial charge in [-0.3, -0.25) is 0 Å². The van der Waals surface area contributed by atoms with Crippen molar-refractivity contribution in [2.45, 2.75) is 96.8 Å². The van der Waals surface area contributed by atoms with Crippen LogP contribution in [0.1, 0.15) is 96.8 Å². The number of para-hydroxylation sites is 4. The zero-order valence-electron chi connectivity index (χ0n) is 27.5. The molecule has 0 aliphatic heterocycles. The smallest absolute Gasteiger partial charge is 0.121 e. The summed E-state index contributed by atoms with van der Waals surface area (Å²) in [6.45, 7) is 2.99. The molecule has 0 unspecified atom stereocenters. The fourth-order valence-corrected chi connectivity index (χ4v) is 6.60. The van der Waals surface area contributed by atoms with Crippen LogP contribution in [0, 0.1) is 0 Å². The van der Waals surface area contributed by atoms with E-state index in [1.165, 1.54) is 83.5 Å². The van der Waals surface area contributed by atoms with Crippen molar-refractivity contribution >= 4 is 66.2 Å². The van der Waals surface area contributed by atoms with Gasteiger partial charge in [0.15, 0.2) is 0 Å². The molecule has 47 heavy (non-hydrogen) atoms. The molecule has 0 amide bonds. The molecule has 0 radical (unpaired) electrons. The third-order valence-corrected chi connectivity index (χ3v) is 9.22. The summed E-state index contributed by atoms with van der Waals surface area (Å²) < 4.78 is 6.18. The molecule has 240 valence electrons. The largest absolute Gasteiger partial charge is 0.494 e. The predicted molar refractivity (Wildman–Crippen MR) is 194 cm³/mol. The van der Waals surface area contributed by atoms with Crippen LogP contribution in [0.4, 0.5) is 0 Å². The van der Waals surface area contributed by atoms with Crippen molar-refractivity contribution in [3.8, 4) is 5.75 Å². The van der Waals surface area contributed by atoms with E-state index in [1.807, 2.05) is 66.7 Å². The Morgan fingerprint density at radius 1 is 0.383 bits per heavy atom. The summed E-state index contributed by atoms with van der Waals surface area (Å²) >= 11 is 0. The number of rotatable bonds is 16. The van der Waals surface area contributed by atoms with Gasteiger partial charge < -0.3 is 4.74 Å². The van der Waals surface area contributed by atoms with Crippen LogP contribution in [-0.2, 0) is 0 Å². The fraction of sp³-hybridized carbons (Fsp3) is 0.400. The Balaban J connectivity index is 1.03. The maximum Gasteiger partial charge on any atom is 0.121 e. The second-order valence-corrected chi connectivity index (χ2v) is 12.8. The highest BCUT2D eigenvalue weighted by atomic mass is 16.5. The van der Waals surface area contributed by atoms with Crippen molar-refractivity contribution in [1.82, 2.24) is 29.9 Å².